The molecule has 0 saturated heterocycles. The molecule has 4 N–H and O–H groups in total. The van der Waals surface area contributed by atoms with Crippen molar-refractivity contribution >= 4 is 23.9 Å². The smallest absolute Gasteiger partial charge is 0.300 e. The van der Waals surface area contributed by atoms with Crippen LogP contribution in [0.3, 0.4) is 0 Å². The lowest BCUT2D eigenvalue weighted by Gasteiger charge is -1.59. The summed E-state index contributed by atoms with van der Waals surface area (Å²) >= 11 is 0. The van der Waals surface area contributed by atoms with Gasteiger partial charge in [0, 0.05) is 27.7 Å². The highest BCUT2D eigenvalue weighted by atomic mass is 16.4. The molecule has 0 aromatic heterocycles. The van der Waals surface area contributed by atoms with Gasteiger partial charge in [-0.3, -0.25) is 19.2 Å². The van der Waals surface area contributed by atoms with Crippen LogP contribution in [0.5, 0.6) is 0 Å². The standard InChI is InChI=1S/4C2H4O2/c4*1-2(3)4/h4*1H3,(H,3,4). The van der Waals surface area contributed by atoms with E-state index in [0.29, 0.717) is 0 Å². The molecule has 0 fully saturated rings. The first-order valence-corrected chi connectivity index (χ1v) is 3.71. The molecule has 0 aromatic carbocycles. The maximum atomic E-state index is 9.00. The maximum Gasteiger partial charge on any atom is 0.300 e. The SMILES string of the molecule is CC(=O)O.CC(=O)O.CC(=O)O.CC(=O)O. The average Bonchev–Trinajstić information content (AvgIpc) is 1.76. The number of hydrogen-bond donors (Lipinski definition) is 4. The number of carbonyl (C=O) groups is 4. The summed E-state index contributed by atoms with van der Waals surface area (Å²) in [5, 5.41) is 29.7. The molecule has 0 aliphatic rings. The number of carboxylic acid groups (broad SMARTS) is 4. The highest BCUT2D eigenvalue weighted by Gasteiger charge is 1.66. The molecule has 0 amide bonds. The molecule has 0 radical (unpaired) electrons. The van der Waals surface area contributed by atoms with Crippen molar-refractivity contribution < 1.29 is 39.6 Å². The maximum absolute atomic E-state index is 9.00. The minimum absolute atomic E-state index is 0.833. The van der Waals surface area contributed by atoms with Gasteiger partial charge in [0.2, 0.25) is 0 Å². The molecule has 0 aliphatic carbocycles. The highest BCUT2D eigenvalue weighted by molar-refractivity contribution is 5.63. The van der Waals surface area contributed by atoms with Crippen LogP contribution in [-0.2, 0) is 19.2 Å². The summed E-state index contributed by atoms with van der Waals surface area (Å²) in [4.78, 5) is 36.0. The van der Waals surface area contributed by atoms with Gasteiger partial charge in [-0.1, -0.05) is 0 Å². The van der Waals surface area contributed by atoms with Crippen molar-refractivity contribution in [3.63, 3.8) is 0 Å². The molecule has 0 saturated carbocycles. The van der Waals surface area contributed by atoms with E-state index in [4.69, 9.17) is 39.6 Å². The van der Waals surface area contributed by atoms with Crippen molar-refractivity contribution in [2.75, 3.05) is 0 Å². The van der Waals surface area contributed by atoms with E-state index in [0.717, 1.165) is 27.7 Å². The zero-order chi connectivity index (χ0) is 14.3. The van der Waals surface area contributed by atoms with Gasteiger partial charge in [0.15, 0.2) is 0 Å². The first kappa shape index (κ1) is 23.6. The summed E-state index contributed by atoms with van der Waals surface area (Å²) < 4.78 is 0. The molecule has 8 nitrogen and oxygen atoms in total. The van der Waals surface area contributed by atoms with Crippen molar-refractivity contribution in [2.45, 2.75) is 27.7 Å². The van der Waals surface area contributed by atoms with Crippen LogP contribution in [-0.4, -0.2) is 44.3 Å². The van der Waals surface area contributed by atoms with Crippen molar-refractivity contribution in [2.24, 2.45) is 0 Å². The van der Waals surface area contributed by atoms with Crippen LogP contribution < -0.4 is 0 Å². The van der Waals surface area contributed by atoms with E-state index >= 15 is 0 Å². The largest absolute Gasteiger partial charge is 0.481 e. The van der Waals surface area contributed by atoms with Gasteiger partial charge in [0.1, 0.15) is 0 Å². The van der Waals surface area contributed by atoms with Crippen LogP contribution >= 0.6 is 0 Å². The molecule has 0 rings (SSSR count). The van der Waals surface area contributed by atoms with E-state index < -0.39 is 23.9 Å². The van der Waals surface area contributed by atoms with Gasteiger partial charge >= 0.3 is 0 Å². The molecule has 0 atom stereocenters. The molecule has 0 heterocycles. The van der Waals surface area contributed by atoms with E-state index in [9.17, 15) is 0 Å². The van der Waals surface area contributed by atoms with Gasteiger partial charge < -0.3 is 20.4 Å². The number of carboxylic acids is 4. The average molecular weight is 240 g/mol. The quantitative estimate of drug-likeness (QED) is 0.474. The predicted octanol–water partition coefficient (Wildman–Crippen LogP) is 0.364. The van der Waals surface area contributed by atoms with Crippen LogP contribution in [0.2, 0.25) is 0 Å². The first-order chi connectivity index (χ1) is 6.93. The molecule has 96 valence electrons. The van der Waals surface area contributed by atoms with Gasteiger partial charge in [0.25, 0.3) is 23.9 Å². The Balaban J connectivity index is -0.0000000600. The lowest BCUT2D eigenvalue weighted by Crippen LogP contribution is -1.78. The second kappa shape index (κ2) is 18.6. The molecule has 0 unspecified atom stereocenters. The Hall–Kier alpha value is -2.12. The van der Waals surface area contributed by atoms with E-state index in [-0.39, 0.29) is 0 Å². The molecule has 0 bridgehead atoms. The Morgan fingerprint density at radius 3 is 0.500 bits per heavy atom. The minimum Gasteiger partial charge on any atom is -0.481 e. The van der Waals surface area contributed by atoms with Gasteiger partial charge in [-0.2, -0.15) is 0 Å². The molecule has 0 aromatic rings. The minimum atomic E-state index is -0.833. The molecular weight excluding hydrogens is 224 g/mol. The van der Waals surface area contributed by atoms with Crippen molar-refractivity contribution in [3.05, 3.63) is 0 Å². The Morgan fingerprint density at radius 1 is 0.500 bits per heavy atom. The third kappa shape index (κ3) is 313. The van der Waals surface area contributed by atoms with Gasteiger partial charge in [0.05, 0.1) is 0 Å². The number of hydrogen-bond acceptors (Lipinski definition) is 4. The van der Waals surface area contributed by atoms with Crippen molar-refractivity contribution in [3.8, 4) is 0 Å². The predicted molar refractivity (Wildman–Crippen MR) is 53.2 cm³/mol. The lowest BCUT2D eigenvalue weighted by atomic mass is 10.9. The fourth-order valence-electron chi connectivity index (χ4n) is 0. The summed E-state index contributed by atoms with van der Waals surface area (Å²) in [6, 6.07) is 0. The van der Waals surface area contributed by atoms with Gasteiger partial charge in [-0.05, 0) is 0 Å². The van der Waals surface area contributed by atoms with E-state index in [1.165, 1.54) is 0 Å². The van der Waals surface area contributed by atoms with Crippen LogP contribution in [0.15, 0.2) is 0 Å². The Bertz CT molecular complexity index is 156. The fraction of sp³-hybridized carbons (Fsp3) is 0.500. The summed E-state index contributed by atoms with van der Waals surface area (Å²) in [7, 11) is 0. The molecular formula is C8H16O8. The Labute approximate surface area is 92.1 Å². The normalized spacial score (nSPS) is 6.25. The first-order valence-electron chi connectivity index (χ1n) is 3.71. The zero-order valence-corrected chi connectivity index (χ0v) is 9.42. The van der Waals surface area contributed by atoms with Crippen LogP contribution in [0.1, 0.15) is 27.7 Å². The number of rotatable bonds is 0. The summed E-state index contributed by atoms with van der Waals surface area (Å²) in [6.07, 6.45) is 0. The van der Waals surface area contributed by atoms with Crippen molar-refractivity contribution in [1.82, 2.24) is 0 Å². The zero-order valence-electron chi connectivity index (χ0n) is 9.42. The second-order valence-electron chi connectivity index (χ2n) is 2.08. The summed E-state index contributed by atoms with van der Waals surface area (Å²) in [5.74, 6) is -3.33. The summed E-state index contributed by atoms with van der Waals surface area (Å²) in [6.45, 7) is 4.33. The third-order valence-electron chi connectivity index (χ3n) is 0. The second-order valence-corrected chi connectivity index (χ2v) is 2.08. The van der Waals surface area contributed by atoms with Crippen LogP contribution in [0, 0.1) is 0 Å². The molecule has 16 heavy (non-hydrogen) atoms. The Morgan fingerprint density at radius 2 is 0.500 bits per heavy atom. The highest BCUT2D eigenvalue weighted by Crippen LogP contribution is 1.43. The lowest BCUT2D eigenvalue weighted by molar-refractivity contribution is -0.135. The van der Waals surface area contributed by atoms with E-state index in [2.05, 4.69) is 0 Å². The van der Waals surface area contributed by atoms with Gasteiger partial charge in [-0.25, -0.2) is 0 Å². The summed E-state index contributed by atoms with van der Waals surface area (Å²) in [5.41, 5.74) is 0. The van der Waals surface area contributed by atoms with Gasteiger partial charge in [-0.15, -0.1) is 0 Å². The van der Waals surface area contributed by atoms with Crippen LogP contribution in [0.4, 0.5) is 0 Å². The molecule has 0 spiro atoms. The monoisotopic (exact) mass is 240 g/mol. The van der Waals surface area contributed by atoms with E-state index in [1.54, 1.807) is 0 Å². The van der Waals surface area contributed by atoms with Crippen molar-refractivity contribution in [1.29, 1.82) is 0 Å². The third-order valence-corrected chi connectivity index (χ3v) is 0. The topological polar surface area (TPSA) is 149 Å². The fourth-order valence-corrected chi connectivity index (χ4v) is 0. The molecule has 8 heteroatoms. The molecule has 0 aliphatic heterocycles. The van der Waals surface area contributed by atoms with Crippen LogP contribution in [0.25, 0.3) is 0 Å². The Kier molecular flexibility index (Phi) is 27.5. The van der Waals surface area contributed by atoms with E-state index in [1.807, 2.05) is 0 Å². The number of aliphatic carboxylic acids is 4.